The predicted molar refractivity (Wildman–Crippen MR) is 74.3 cm³/mol. The van der Waals surface area contributed by atoms with Crippen molar-refractivity contribution >= 4 is 39.7 Å². The lowest BCUT2D eigenvalue weighted by Crippen LogP contribution is -2.18. The average Bonchev–Trinajstić information content (AvgIpc) is 2.96. The Morgan fingerprint density at radius 3 is 3.11 bits per heavy atom. The standard InChI is InChI=1S/C10H10BrClN6O/c1-2-18-5-6(11)8(17-18)4-14-16-10(19)9-7(12)3-13-15-9/h3-5H,2H2,1H3,(H,13,15)(H,16,19)/b14-4-. The molecule has 0 aliphatic rings. The molecule has 0 spiro atoms. The lowest BCUT2D eigenvalue weighted by atomic mass is 10.4. The largest absolute Gasteiger partial charge is 0.290 e. The zero-order chi connectivity index (χ0) is 13.8. The van der Waals surface area contributed by atoms with E-state index in [0.717, 1.165) is 11.0 Å². The number of hydrogen-bond donors (Lipinski definition) is 2. The molecule has 0 saturated heterocycles. The summed E-state index contributed by atoms with van der Waals surface area (Å²) in [7, 11) is 0. The third-order valence-corrected chi connectivity index (χ3v) is 3.14. The van der Waals surface area contributed by atoms with E-state index in [9.17, 15) is 4.79 Å². The van der Waals surface area contributed by atoms with E-state index in [1.165, 1.54) is 12.4 Å². The van der Waals surface area contributed by atoms with Crippen LogP contribution in [-0.2, 0) is 6.54 Å². The van der Waals surface area contributed by atoms with E-state index in [2.05, 4.69) is 41.8 Å². The number of hydrazone groups is 1. The van der Waals surface area contributed by atoms with Gasteiger partial charge in [-0.05, 0) is 22.9 Å². The van der Waals surface area contributed by atoms with Crippen LogP contribution in [-0.4, -0.2) is 32.1 Å². The van der Waals surface area contributed by atoms with Gasteiger partial charge in [0.2, 0.25) is 0 Å². The Hall–Kier alpha value is -1.67. The topological polar surface area (TPSA) is 88.0 Å². The van der Waals surface area contributed by atoms with Gasteiger partial charge in [-0.1, -0.05) is 11.6 Å². The molecule has 2 rings (SSSR count). The van der Waals surface area contributed by atoms with Crippen LogP contribution in [0.3, 0.4) is 0 Å². The molecule has 0 radical (unpaired) electrons. The summed E-state index contributed by atoms with van der Waals surface area (Å²) in [6, 6.07) is 0. The molecule has 0 aliphatic heterocycles. The van der Waals surface area contributed by atoms with Gasteiger partial charge in [0.15, 0.2) is 0 Å². The normalized spacial score (nSPS) is 11.1. The van der Waals surface area contributed by atoms with Crippen molar-refractivity contribution in [2.75, 3.05) is 0 Å². The number of halogens is 2. The smallest absolute Gasteiger partial charge is 0.271 e. The molecule has 7 nitrogen and oxygen atoms in total. The second kappa shape index (κ2) is 5.98. The van der Waals surface area contributed by atoms with Crippen LogP contribution in [0, 0.1) is 0 Å². The summed E-state index contributed by atoms with van der Waals surface area (Å²) in [4.78, 5) is 11.6. The lowest BCUT2D eigenvalue weighted by molar-refractivity contribution is 0.0950. The number of rotatable bonds is 4. The Morgan fingerprint density at radius 1 is 1.74 bits per heavy atom. The summed E-state index contributed by atoms with van der Waals surface area (Å²) < 4.78 is 2.55. The zero-order valence-electron chi connectivity index (χ0n) is 9.89. The van der Waals surface area contributed by atoms with Gasteiger partial charge < -0.3 is 0 Å². The lowest BCUT2D eigenvalue weighted by Gasteiger charge is -1.96. The highest BCUT2D eigenvalue weighted by molar-refractivity contribution is 9.10. The van der Waals surface area contributed by atoms with Gasteiger partial charge >= 0.3 is 0 Å². The van der Waals surface area contributed by atoms with Crippen LogP contribution < -0.4 is 5.43 Å². The SMILES string of the molecule is CCn1cc(Br)c(/C=N\NC(=O)c2[nH]ncc2Cl)n1. The van der Waals surface area contributed by atoms with Gasteiger partial charge in [-0.25, -0.2) is 5.43 Å². The second-order valence-electron chi connectivity index (χ2n) is 3.51. The molecule has 0 fully saturated rings. The number of nitrogens with zero attached hydrogens (tertiary/aromatic N) is 4. The number of nitrogens with one attached hydrogen (secondary N) is 2. The van der Waals surface area contributed by atoms with Crippen molar-refractivity contribution in [3.63, 3.8) is 0 Å². The maximum atomic E-state index is 11.6. The van der Waals surface area contributed by atoms with Crippen molar-refractivity contribution in [1.29, 1.82) is 0 Å². The highest BCUT2D eigenvalue weighted by atomic mass is 79.9. The second-order valence-corrected chi connectivity index (χ2v) is 4.77. The summed E-state index contributed by atoms with van der Waals surface area (Å²) in [5.41, 5.74) is 3.12. The van der Waals surface area contributed by atoms with E-state index in [-0.39, 0.29) is 10.7 Å². The van der Waals surface area contributed by atoms with Crippen molar-refractivity contribution in [2.45, 2.75) is 13.5 Å². The first-order valence-electron chi connectivity index (χ1n) is 5.37. The Labute approximate surface area is 122 Å². The third kappa shape index (κ3) is 3.21. The number of carbonyl (C=O) groups is 1. The minimum absolute atomic E-state index is 0.164. The number of aryl methyl sites for hydroxylation is 1. The van der Waals surface area contributed by atoms with Crippen LogP contribution in [0.5, 0.6) is 0 Å². The highest BCUT2D eigenvalue weighted by Gasteiger charge is 2.11. The summed E-state index contributed by atoms with van der Waals surface area (Å²) in [6.07, 6.45) is 4.62. The van der Waals surface area contributed by atoms with Crippen LogP contribution in [0.1, 0.15) is 23.1 Å². The fraction of sp³-hybridized carbons (Fsp3) is 0.200. The number of aromatic nitrogens is 4. The number of carbonyl (C=O) groups excluding carboxylic acids is 1. The van der Waals surface area contributed by atoms with E-state index in [0.29, 0.717) is 5.69 Å². The minimum Gasteiger partial charge on any atom is -0.271 e. The minimum atomic E-state index is -0.468. The Bertz CT molecular complexity index is 619. The maximum absolute atomic E-state index is 11.6. The molecule has 2 aromatic rings. The highest BCUT2D eigenvalue weighted by Crippen LogP contribution is 2.13. The fourth-order valence-corrected chi connectivity index (χ4v) is 1.89. The van der Waals surface area contributed by atoms with E-state index in [1.54, 1.807) is 4.68 Å². The first-order valence-corrected chi connectivity index (χ1v) is 6.54. The number of H-pyrrole nitrogens is 1. The van der Waals surface area contributed by atoms with Gasteiger partial charge in [0.25, 0.3) is 5.91 Å². The molecular weight excluding hydrogens is 336 g/mol. The van der Waals surface area contributed by atoms with Crippen molar-refractivity contribution in [2.24, 2.45) is 5.10 Å². The van der Waals surface area contributed by atoms with Gasteiger partial charge in [-0.2, -0.15) is 15.3 Å². The van der Waals surface area contributed by atoms with Crippen LogP contribution in [0.15, 0.2) is 22.0 Å². The number of hydrogen-bond acceptors (Lipinski definition) is 4. The fourth-order valence-electron chi connectivity index (χ4n) is 1.30. The summed E-state index contributed by atoms with van der Waals surface area (Å²) in [6.45, 7) is 2.73. The molecule has 1 amide bonds. The Morgan fingerprint density at radius 2 is 2.53 bits per heavy atom. The Kier molecular flexibility index (Phi) is 4.33. The van der Waals surface area contributed by atoms with Crippen LogP contribution >= 0.6 is 27.5 Å². The van der Waals surface area contributed by atoms with Gasteiger partial charge in [-0.3, -0.25) is 14.6 Å². The van der Waals surface area contributed by atoms with Gasteiger partial charge in [-0.15, -0.1) is 0 Å². The van der Waals surface area contributed by atoms with Gasteiger partial charge in [0.1, 0.15) is 11.4 Å². The van der Waals surface area contributed by atoms with Crippen molar-refractivity contribution in [3.8, 4) is 0 Å². The molecule has 2 aromatic heterocycles. The molecule has 2 N–H and O–H groups in total. The van der Waals surface area contributed by atoms with Gasteiger partial charge in [0, 0.05) is 12.7 Å². The third-order valence-electron chi connectivity index (χ3n) is 2.24. The molecular formula is C10H10BrClN6O. The summed E-state index contributed by atoms with van der Waals surface area (Å²) in [5.74, 6) is -0.468. The van der Waals surface area contributed by atoms with Crippen molar-refractivity contribution < 1.29 is 4.79 Å². The number of amides is 1. The van der Waals surface area contributed by atoms with E-state index < -0.39 is 5.91 Å². The molecule has 0 bridgehead atoms. The molecule has 0 saturated carbocycles. The summed E-state index contributed by atoms with van der Waals surface area (Å²) >= 11 is 9.10. The maximum Gasteiger partial charge on any atom is 0.290 e. The molecule has 100 valence electrons. The molecule has 9 heteroatoms. The average molecular weight is 346 g/mol. The van der Waals surface area contributed by atoms with Crippen LogP contribution in [0.4, 0.5) is 0 Å². The van der Waals surface area contributed by atoms with E-state index in [1.807, 2.05) is 13.1 Å². The van der Waals surface area contributed by atoms with E-state index >= 15 is 0 Å². The molecule has 0 aromatic carbocycles. The zero-order valence-corrected chi connectivity index (χ0v) is 12.2. The van der Waals surface area contributed by atoms with Gasteiger partial charge in [0.05, 0.1) is 21.9 Å². The van der Waals surface area contributed by atoms with Crippen LogP contribution in [0.2, 0.25) is 5.02 Å². The molecule has 0 aliphatic carbocycles. The predicted octanol–water partition coefficient (Wildman–Crippen LogP) is 1.81. The summed E-state index contributed by atoms with van der Waals surface area (Å²) in [5, 5.41) is 14.4. The van der Waals surface area contributed by atoms with Crippen molar-refractivity contribution in [1.82, 2.24) is 25.4 Å². The molecule has 0 atom stereocenters. The molecule has 2 heterocycles. The Balaban J connectivity index is 2.02. The van der Waals surface area contributed by atoms with Crippen molar-refractivity contribution in [3.05, 3.63) is 33.3 Å². The van der Waals surface area contributed by atoms with Crippen LogP contribution in [0.25, 0.3) is 0 Å². The number of aromatic amines is 1. The molecule has 19 heavy (non-hydrogen) atoms. The quantitative estimate of drug-likeness (QED) is 0.654. The van der Waals surface area contributed by atoms with E-state index in [4.69, 9.17) is 11.6 Å². The monoisotopic (exact) mass is 344 g/mol. The first kappa shape index (κ1) is 13.8. The molecule has 0 unspecified atom stereocenters. The first-order chi connectivity index (χ1) is 9.11.